The number of benzene rings is 3. The molecule has 7 heteroatoms. The van der Waals surface area contributed by atoms with E-state index in [1.165, 1.54) is 0 Å². The van der Waals surface area contributed by atoms with Gasteiger partial charge in [0.1, 0.15) is 18.2 Å². The van der Waals surface area contributed by atoms with E-state index in [4.69, 9.17) is 9.47 Å². The van der Waals surface area contributed by atoms with E-state index in [0.29, 0.717) is 29.5 Å². The number of carbonyl (C=O) groups is 1. The predicted octanol–water partition coefficient (Wildman–Crippen LogP) is 4.50. The number of fused-ring (bicyclic) bond motifs is 1. The molecular weight excluding hydrogens is 430 g/mol. The van der Waals surface area contributed by atoms with E-state index in [9.17, 15) is 9.59 Å². The fraction of sp³-hybridized carbons (Fsp3) is 0.148. The van der Waals surface area contributed by atoms with Crippen LogP contribution in [0.1, 0.15) is 29.0 Å². The summed E-state index contributed by atoms with van der Waals surface area (Å²) in [5.74, 6) is 1.16. The molecule has 0 saturated heterocycles. The fourth-order valence-corrected chi connectivity index (χ4v) is 4.14. The zero-order chi connectivity index (χ0) is 23.5. The lowest BCUT2D eigenvalue weighted by molar-refractivity contribution is -0.116. The highest BCUT2D eigenvalue weighted by Gasteiger charge is 2.31. The van der Waals surface area contributed by atoms with Crippen LogP contribution in [0.25, 0.3) is 11.4 Å². The zero-order valence-electron chi connectivity index (χ0n) is 18.6. The summed E-state index contributed by atoms with van der Waals surface area (Å²) >= 11 is 0. The first-order valence-corrected chi connectivity index (χ1v) is 11.0. The quantitative estimate of drug-likeness (QED) is 0.448. The normalized spacial score (nSPS) is 14.7. The van der Waals surface area contributed by atoms with Gasteiger partial charge in [-0.1, -0.05) is 66.7 Å². The Labute approximate surface area is 196 Å². The Balaban J connectivity index is 1.48. The molecule has 170 valence electrons. The molecular formula is C27H23N3O4. The van der Waals surface area contributed by atoms with E-state index in [0.717, 1.165) is 16.7 Å². The molecule has 0 unspecified atom stereocenters. The molecule has 0 radical (unpaired) electrons. The number of ether oxygens (including phenoxy) is 2. The zero-order valence-corrected chi connectivity index (χ0v) is 18.6. The van der Waals surface area contributed by atoms with Crippen molar-refractivity contribution in [2.24, 2.45) is 0 Å². The molecule has 0 saturated carbocycles. The lowest BCUT2D eigenvalue weighted by Crippen LogP contribution is -2.31. The number of carbonyl (C=O) groups excluding carboxylic acids is 1. The molecule has 0 bridgehead atoms. The largest absolute Gasteiger partial charge is 0.493 e. The van der Waals surface area contributed by atoms with Crippen molar-refractivity contribution in [3.8, 4) is 22.9 Å². The van der Waals surface area contributed by atoms with E-state index in [1.54, 1.807) is 7.11 Å². The Bertz CT molecular complexity index is 1380. The van der Waals surface area contributed by atoms with Gasteiger partial charge in [0.2, 0.25) is 5.91 Å². The van der Waals surface area contributed by atoms with Gasteiger partial charge in [0.25, 0.3) is 5.56 Å². The summed E-state index contributed by atoms with van der Waals surface area (Å²) in [4.78, 5) is 33.1. The molecule has 1 aromatic heterocycles. The summed E-state index contributed by atoms with van der Waals surface area (Å²) in [5.41, 5.74) is 2.73. The molecule has 1 aliphatic rings. The summed E-state index contributed by atoms with van der Waals surface area (Å²) in [6.45, 7) is 0.400. The highest BCUT2D eigenvalue weighted by Crippen LogP contribution is 2.38. The number of H-pyrrole nitrogens is 1. The fourth-order valence-electron chi connectivity index (χ4n) is 4.14. The molecule has 0 spiro atoms. The number of rotatable bonds is 6. The minimum Gasteiger partial charge on any atom is -0.493 e. The van der Waals surface area contributed by atoms with E-state index >= 15 is 0 Å². The first-order valence-electron chi connectivity index (χ1n) is 11.0. The SMILES string of the molecule is COc1cc([C@H]2CC(=O)Nc3nc(-c4ccccc4)[nH]c(=O)c32)ccc1OCc1ccccc1. The second kappa shape index (κ2) is 9.23. The van der Waals surface area contributed by atoms with Crippen molar-refractivity contribution in [3.05, 3.63) is 106 Å². The van der Waals surface area contributed by atoms with Crippen LogP contribution in [0.5, 0.6) is 11.5 Å². The molecule has 7 nitrogen and oxygen atoms in total. The Morgan fingerprint density at radius 1 is 0.941 bits per heavy atom. The minimum absolute atomic E-state index is 0.135. The maximum absolute atomic E-state index is 13.1. The van der Waals surface area contributed by atoms with Crippen molar-refractivity contribution < 1.29 is 14.3 Å². The van der Waals surface area contributed by atoms with Crippen molar-refractivity contribution in [1.29, 1.82) is 0 Å². The number of aromatic amines is 1. The third-order valence-corrected chi connectivity index (χ3v) is 5.83. The lowest BCUT2D eigenvalue weighted by atomic mass is 9.86. The number of nitrogens with zero attached hydrogens (tertiary/aromatic N) is 1. The van der Waals surface area contributed by atoms with Gasteiger partial charge in [-0.05, 0) is 23.3 Å². The van der Waals surface area contributed by atoms with Gasteiger partial charge in [0.15, 0.2) is 11.5 Å². The van der Waals surface area contributed by atoms with Crippen molar-refractivity contribution >= 4 is 11.7 Å². The maximum Gasteiger partial charge on any atom is 0.257 e. The van der Waals surface area contributed by atoms with Gasteiger partial charge in [-0.3, -0.25) is 9.59 Å². The van der Waals surface area contributed by atoms with Crippen LogP contribution in [0.3, 0.4) is 0 Å². The van der Waals surface area contributed by atoms with Crippen LogP contribution in [0.4, 0.5) is 5.82 Å². The molecule has 1 aliphatic heterocycles. The number of methoxy groups -OCH3 is 1. The number of amides is 1. The third-order valence-electron chi connectivity index (χ3n) is 5.83. The van der Waals surface area contributed by atoms with Crippen LogP contribution < -0.4 is 20.3 Å². The average molecular weight is 453 g/mol. The van der Waals surface area contributed by atoms with Gasteiger partial charge in [-0.2, -0.15) is 0 Å². The first-order chi connectivity index (χ1) is 16.6. The van der Waals surface area contributed by atoms with Crippen LogP contribution in [0.15, 0.2) is 83.7 Å². The number of aromatic nitrogens is 2. The molecule has 4 aromatic rings. The van der Waals surface area contributed by atoms with E-state index in [2.05, 4.69) is 15.3 Å². The second-order valence-electron chi connectivity index (χ2n) is 8.03. The summed E-state index contributed by atoms with van der Waals surface area (Å²) in [6, 6.07) is 24.7. The minimum atomic E-state index is -0.457. The first kappa shape index (κ1) is 21.5. The highest BCUT2D eigenvalue weighted by molar-refractivity contribution is 5.94. The van der Waals surface area contributed by atoms with Crippen LogP contribution in [0, 0.1) is 0 Å². The summed E-state index contributed by atoms with van der Waals surface area (Å²) in [5, 5.41) is 2.76. The number of hydrogen-bond acceptors (Lipinski definition) is 5. The summed E-state index contributed by atoms with van der Waals surface area (Å²) in [6.07, 6.45) is 0.135. The molecule has 1 amide bonds. The van der Waals surface area contributed by atoms with E-state index in [-0.39, 0.29) is 23.7 Å². The third kappa shape index (κ3) is 4.28. The van der Waals surface area contributed by atoms with Crippen LogP contribution in [-0.2, 0) is 11.4 Å². The maximum atomic E-state index is 13.1. The van der Waals surface area contributed by atoms with Gasteiger partial charge in [0.05, 0.1) is 12.7 Å². The number of hydrogen-bond donors (Lipinski definition) is 2. The summed E-state index contributed by atoms with van der Waals surface area (Å²) < 4.78 is 11.5. The number of anilines is 1. The average Bonchev–Trinajstić information content (AvgIpc) is 2.87. The molecule has 3 aromatic carbocycles. The Hall–Kier alpha value is -4.39. The number of nitrogens with one attached hydrogen (secondary N) is 2. The molecule has 5 rings (SSSR count). The van der Waals surface area contributed by atoms with E-state index in [1.807, 2.05) is 78.9 Å². The Morgan fingerprint density at radius 3 is 2.41 bits per heavy atom. The monoisotopic (exact) mass is 453 g/mol. The van der Waals surface area contributed by atoms with Gasteiger partial charge in [-0.15, -0.1) is 0 Å². The van der Waals surface area contributed by atoms with Crippen molar-refractivity contribution in [3.63, 3.8) is 0 Å². The van der Waals surface area contributed by atoms with Gasteiger partial charge in [0, 0.05) is 17.9 Å². The molecule has 2 N–H and O–H groups in total. The van der Waals surface area contributed by atoms with Gasteiger partial charge in [-0.25, -0.2) is 4.98 Å². The van der Waals surface area contributed by atoms with Crippen LogP contribution >= 0.6 is 0 Å². The molecule has 2 heterocycles. The topological polar surface area (TPSA) is 93.3 Å². The molecule has 34 heavy (non-hydrogen) atoms. The Kier molecular flexibility index (Phi) is 5.82. The molecule has 1 atom stereocenters. The molecule has 0 fully saturated rings. The Morgan fingerprint density at radius 2 is 1.68 bits per heavy atom. The smallest absolute Gasteiger partial charge is 0.257 e. The summed E-state index contributed by atoms with van der Waals surface area (Å²) in [7, 11) is 1.57. The molecule has 0 aliphatic carbocycles. The predicted molar refractivity (Wildman–Crippen MR) is 129 cm³/mol. The highest BCUT2D eigenvalue weighted by atomic mass is 16.5. The van der Waals surface area contributed by atoms with Gasteiger partial charge >= 0.3 is 0 Å². The van der Waals surface area contributed by atoms with Crippen molar-refractivity contribution in [2.45, 2.75) is 18.9 Å². The van der Waals surface area contributed by atoms with Crippen molar-refractivity contribution in [2.75, 3.05) is 12.4 Å². The lowest BCUT2D eigenvalue weighted by Gasteiger charge is -2.25. The van der Waals surface area contributed by atoms with Crippen molar-refractivity contribution in [1.82, 2.24) is 9.97 Å². The standard InChI is InChI=1S/C27H23N3O4/c1-33-22-14-19(12-13-21(22)34-16-17-8-4-2-5-9-17)20-15-23(31)28-26-24(20)27(32)30-25(29-26)18-10-6-3-7-11-18/h2-14,20H,15-16H2,1H3,(H2,28,29,30,31,32)/t20-/m1/s1. The van der Waals surface area contributed by atoms with Gasteiger partial charge < -0.3 is 19.8 Å². The van der Waals surface area contributed by atoms with E-state index < -0.39 is 5.92 Å². The van der Waals surface area contributed by atoms with Crippen LogP contribution in [-0.4, -0.2) is 23.0 Å². The van der Waals surface area contributed by atoms with Crippen LogP contribution in [0.2, 0.25) is 0 Å². The second-order valence-corrected chi connectivity index (χ2v) is 8.03.